The zero-order valence-corrected chi connectivity index (χ0v) is 14.0. The van der Waals surface area contributed by atoms with E-state index in [1.54, 1.807) is 0 Å². The first kappa shape index (κ1) is 15.3. The number of halogens is 1. The van der Waals surface area contributed by atoms with Gasteiger partial charge in [0.05, 0.1) is 12.2 Å². The molecule has 0 bridgehead atoms. The third kappa shape index (κ3) is 3.13. The summed E-state index contributed by atoms with van der Waals surface area (Å²) in [5.74, 6) is 0. The van der Waals surface area contributed by atoms with Gasteiger partial charge in [-0.25, -0.2) is 0 Å². The lowest BCUT2D eigenvalue weighted by Gasteiger charge is -2.09. The van der Waals surface area contributed by atoms with Gasteiger partial charge in [0.25, 0.3) is 0 Å². The van der Waals surface area contributed by atoms with Gasteiger partial charge in [-0.3, -0.25) is 4.68 Å². The summed E-state index contributed by atoms with van der Waals surface area (Å²) in [7, 11) is 1.99. The molecule has 1 heterocycles. The lowest BCUT2D eigenvalue weighted by Crippen LogP contribution is -2.10. The van der Waals surface area contributed by atoms with Crippen LogP contribution < -0.4 is 5.32 Å². The minimum atomic E-state index is 0.821. The summed E-state index contributed by atoms with van der Waals surface area (Å²) in [6.45, 7) is 6.08. The average Bonchev–Trinajstić information content (AvgIpc) is 2.79. The molecule has 20 heavy (non-hydrogen) atoms. The fraction of sp³-hybridized carbons (Fsp3) is 0.438. The Morgan fingerprint density at radius 1 is 1.20 bits per heavy atom. The van der Waals surface area contributed by atoms with Gasteiger partial charge in [0.2, 0.25) is 0 Å². The van der Waals surface area contributed by atoms with Crippen LogP contribution in [0.2, 0.25) is 0 Å². The van der Waals surface area contributed by atoms with Crippen molar-refractivity contribution in [2.24, 2.45) is 0 Å². The number of hydrogen-bond donors (Lipinski definition) is 1. The summed E-state index contributed by atoms with van der Waals surface area (Å²) >= 11 is 3.62. The first-order chi connectivity index (χ1) is 9.71. The number of hydrogen-bond acceptors (Lipinski definition) is 2. The van der Waals surface area contributed by atoms with Gasteiger partial charge in [0, 0.05) is 22.3 Å². The minimum absolute atomic E-state index is 0.821. The SMILES string of the molecule is CCc1nn(Cc2ccccc2Br)c(CC)c1CNC. The monoisotopic (exact) mass is 335 g/mol. The van der Waals surface area contributed by atoms with Gasteiger partial charge in [-0.15, -0.1) is 0 Å². The van der Waals surface area contributed by atoms with Crippen molar-refractivity contribution in [2.75, 3.05) is 7.05 Å². The van der Waals surface area contributed by atoms with Crippen LogP contribution in [0.1, 0.15) is 36.4 Å². The molecule has 108 valence electrons. The fourth-order valence-electron chi connectivity index (χ4n) is 2.57. The molecule has 4 heteroatoms. The highest BCUT2D eigenvalue weighted by Crippen LogP contribution is 2.21. The van der Waals surface area contributed by atoms with Gasteiger partial charge >= 0.3 is 0 Å². The molecule has 0 radical (unpaired) electrons. The molecule has 0 aliphatic heterocycles. The number of benzene rings is 1. The molecule has 1 aromatic heterocycles. The third-order valence-corrected chi connectivity index (χ3v) is 4.32. The number of rotatable bonds is 6. The van der Waals surface area contributed by atoms with Crippen LogP contribution in [-0.4, -0.2) is 16.8 Å². The predicted octanol–water partition coefficient (Wildman–Crippen LogP) is 3.54. The quantitative estimate of drug-likeness (QED) is 0.874. The lowest BCUT2D eigenvalue weighted by atomic mass is 10.1. The largest absolute Gasteiger partial charge is 0.316 e. The Labute approximate surface area is 129 Å². The van der Waals surface area contributed by atoms with Crippen molar-refractivity contribution in [2.45, 2.75) is 39.8 Å². The lowest BCUT2D eigenvalue weighted by molar-refractivity contribution is 0.637. The van der Waals surface area contributed by atoms with Gasteiger partial charge in [-0.05, 0) is 31.5 Å². The van der Waals surface area contributed by atoms with Gasteiger partial charge in [-0.2, -0.15) is 5.10 Å². The summed E-state index contributed by atoms with van der Waals surface area (Å²) in [6.07, 6.45) is 1.99. The van der Waals surface area contributed by atoms with Crippen molar-refractivity contribution in [3.8, 4) is 0 Å². The van der Waals surface area contributed by atoms with E-state index in [1.807, 2.05) is 13.1 Å². The van der Waals surface area contributed by atoms with E-state index < -0.39 is 0 Å². The number of aromatic nitrogens is 2. The van der Waals surface area contributed by atoms with Crippen molar-refractivity contribution < 1.29 is 0 Å². The number of nitrogens with one attached hydrogen (secondary N) is 1. The molecule has 2 rings (SSSR count). The Kier molecular flexibility index (Phi) is 5.38. The Morgan fingerprint density at radius 3 is 2.55 bits per heavy atom. The molecule has 0 unspecified atom stereocenters. The van der Waals surface area contributed by atoms with Gasteiger partial charge in [-0.1, -0.05) is 48.0 Å². The van der Waals surface area contributed by atoms with Crippen LogP contribution in [0.25, 0.3) is 0 Å². The second-order valence-corrected chi connectivity index (χ2v) is 5.71. The van der Waals surface area contributed by atoms with Crippen molar-refractivity contribution in [1.82, 2.24) is 15.1 Å². The second-order valence-electron chi connectivity index (χ2n) is 4.86. The first-order valence-corrected chi connectivity index (χ1v) is 7.95. The Balaban J connectivity index is 2.39. The summed E-state index contributed by atoms with van der Waals surface area (Å²) in [4.78, 5) is 0. The average molecular weight is 336 g/mol. The maximum atomic E-state index is 4.81. The van der Waals surface area contributed by atoms with E-state index in [1.165, 1.54) is 22.5 Å². The van der Waals surface area contributed by atoms with Gasteiger partial charge < -0.3 is 5.32 Å². The van der Waals surface area contributed by atoms with Crippen LogP contribution in [0, 0.1) is 0 Å². The molecule has 0 spiro atoms. The third-order valence-electron chi connectivity index (χ3n) is 3.55. The van der Waals surface area contributed by atoms with E-state index in [9.17, 15) is 0 Å². The highest BCUT2D eigenvalue weighted by atomic mass is 79.9. The molecule has 1 N–H and O–H groups in total. The molecule has 1 aromatic carbocycles. The molecule has 0 saturated carbocycles. The predicted molar refractivity (Wildman–Crippen MR) is 87.0 cm³/mol. The zero-order chi connectivity index (χ0) is 14.5. The molecule has 2 aromatic rings. The molecule has 0 amide bonds. The summed E-state index contributed by atoms with van der Waals surface area (Å²) < 4.78 is 3.30. The molecule has 3 nitrogen and oxygen atoms in total. The minimum Gasteiger partial charge on any atom is -0.316 e. The van der Waals surface area contributed by atoms with Crippen LogP contribution in [0.15, 0.2) is 28.7 Å². The van der Waals surface area contributed by atoms with Crippen molar-refractivity contribution in [3.63, 3.8) is 0 Å². The van der Waals surface area contributed by atoms with E-state index >= 15 is 0 Å². The van der Waals surface area contributed by atoms with Crippen LogP contribution in [-0.2, 0) is 25.9 Å². The van der Waals surface area contributed by atoms with Crippen LogP contribution in [0.3, 0.4) is 0 Å². The molecule has 0 aliphatic carbocycles. The first-order valence-electron chi connectivity index (χ1n) is 7.16. The van der Waals surface area contributed by atoms with E-state index in [-0.39, 0.29) is 0 Å². The molecule has 0 aliphatic rings. The van der Waals surface area contributed by atoms with Crippen molar-refractivity contribution in [1.29, 1.82) is 0 Å². The normalized spacial score (nSPS) is 11.0. The highest BCUT2D eigenvalue weighted by molar-refractivity contribution is 9.10. The topological polar surface area (TPSA) is 29.9 Å². The number of nitrogens with zero attached hydrogens (tertiary/aromatic N) is 2. The summed E-state index contributed by atoms with van der Waals surface area (Å²) in [6, 6.07) is 8.35. The van der Waals surface area contributed by atoms with Crippen molar-refractivity contribution in [3.05, 3.63) is 51.3 Å². The maximum Gasteiger partial charge on any atom is 0.0673 e. The Morgan fingerprint density at radius 2 is 1.95 bits per heavy atom. The summed E-state index contributed by atoms with van der Waals surface area (Å²) in [5.41, 5.74) is 5.18. The Bertz CT molecular complexity index is 575. The van der Waals surface area contributed by atoms with Crippen LogP contribution >= 0.6 is 15.9 Å². The van der Waals surface area contributed by atoms with Gasteiger partial charge in [0.1, 0.15) is 0 Å². The Hall–Kier alpha value is -1.13. The van der Waals surface area contributed by atoms with E-state index in [2.05, 4.69) is 58.0 Å². The molecule has 0 fully saturated rings. The van der Waals surface area contributed by atoms with Gasteiger partial charge in [0.15, 0.2) is 0 Å². The number of aryl methyl sites for hydroxylation is 1. The zero-order valence-electron chi connectivity index (χ0n) is 12.4. The van der Waals surface area contributed by atoms with E-state index in [0.29, 0.717) is 0 Å². The fourth-order valence-corrected chi connectivity index (χ4v) is 2.98. The second kappa shape index (κ2) is 7.04. The smallest absolute Gasteiger partial charge is 0.0673 e. The van der Waals surface area contributed by atoms with Crippen LogP contribution in [0.4, 0.5) is 0 Å². The van der Waals surface area contributed by atoms with Crippen molar-refractivity contribution >= 4 is 15.9 Å². The molecule has 0 saturated heterocycles. The standard InChI is InChI=1S/C16H22BrN3/c1-4-15-13(10-18-3)16(5-2)20(19-15)11-12-8-6-7-9-14(12)17/h6-9,18H,4-5,10-11H2,1-3H3. The van der Waals surface area contributed by atoms with Crippen LogP contribution in [0.5, 0.6) is 0 Å². The highest BCUT2D eigenvalue weighted by Gasteiger charge is 2.15. The molecule has 0 atom stereocenters. The maximum absolute atomic E-state index is 4.81. The molecular weight excluding hydrogens is 314 g/mol. The van der Waals surface area contributed by atoms with E-state index in [0.717, 1.165) is 30.4 Å². The van der Waals surface area contributed by atoms with E-state index in [4.69, 9.17) is 5.10 Å². The summed E-state index contributed by atoms with van der Waals surface area (Å²) in [5, 5.41) is 8.07. The molecular formula is C16H22BrN3.